The first-order valence-electron chi connectivity index (χ1n) is 8.31. The van der Waals surface area contributed by atoms with E-state index in [4.69, 9.17) is 0 Å². The van der Waals surface area contributed by atoms with Gasteiger partial charge in [0.1, 0.15) is 5.82 Å². The Kier molecular flexibility index (Phi) is 4.93. The molecule has 2 amide bonds. The van der Waals surface area contributed by atoms with Crippen LogP contribution in [0.5, 0.6) is 11.5 Å². The monoisotopic (exact) mass is 394 g/mol. The quantitative estimate of drug-likeness (QED) is 0.781. The molecule has 0 spiro atoms. The number of anilines is 1. The molecule has 0 aromatic heterocycles. The fraction of sp³-hybridized carbons (Fsp3) is 0.263. The number of nitrogens with one attached hydrogen (secondary N) is 2. The van der Waals surface area contributed by atoms with Crippen molar-refractivity contribution in [1.29, 1.82) is 0 Å². The Morgan fingerprint density at radius 1 is 1.00 bits per heavy atom. The fourth-order valence-corrected chi connectivity index (χ4v) is 2.60. The van der Waals surface area contributed by atoms with Crippen LogP contribution in [-0.4, -0.2) is 24.7 Å². The highest BCUT2D eigenvalue weighted by molar-refractivity contribution is 6.39. The third kappa shape index (κ3) is 4.36. The molecule has 0 unspecified atom stereocenters. The van der Waals surface area contributed by atoms with E-state index in [9.17, 15) is 22.8 Å². The molecule has 6 nitrogen and oxygen atoms in total. The predicted octanol–water partition coefficient (Wildman–Crippen LogP) is 3.18. The smallest absolute Gasteiger partial charge is 0.395 e. The number of carbonyl (C=O) groups is 2. The number of hydrogen-bond donors (Lipinski definition) is 2. The molecule has 148 valence electrons. The second-order valence-electron chi connectivity index (χ2n) is 6.86. The van der Waals surface area contributed by atoms with Gasteiger partial charge in [0.2, 0.25) is 0 Å². The topological polar surface area (TPSA) is 76.7 Å². The second kappa shape index (κ2) is 7.06. The molecule has 0 atom stereocenters. The van der Waals surface area contributed by atoms with Crippen LogP contribution < -0.4 is 20.1 Å². The third-order valence-corrected chi connectivity index (χ3v) is 4.18. The third-order valence-electron chi connectivity index (χ3n) is 4.18. The molecule has 1 aliphatic heterocycles. The van der Waals surface area contributed by atoms with Gasteiger partial charge < -0.3 is 20.1 Å². The maximum Gasteiger partial charge on any atom is 0.586 e. The van der Waals surface area contributed by atoms with Gasteiger partial charge >= 0.3 is 18.1 Å². The Balaban J connectivity index is 1.58. The van der Waals surface area contributed by atoms with Crippen molar-refractivity contribution in [2.75, 3.05) is 11.9 Å². The average Bonchev–Trinajstić information content (AvgIpc) is 2.93. The van der Waals surface area contributed by atoms with Crippen molar-refractivity contribution in [3.63, 3.8) is 0 Å². The number of hydrogen-bond acceptors (Lipinski definition) is 4. The van der Waals surface area contributed by atoms with E-state index in [1.54, 1.807) is 12.1 Å². The van der Waals surface area contributed by atoms with E-state index >= 15 is 0 Å². The van der Waals surface area contributed by atoms with Crippen LogP contribution in [0.3, 0.4) is 0 Å². The predicted molar refractivity (Wildman–Crippen MR) is 93.7 cm³/mol. The first-order chi connectivity index (χ1) is 13.1. The van der Waals surface area contributed by atoms with Crippen LogP contribution in [0.1, 0.15) is 19.4 Å². The summed E-state index contributed by atoms with van der Waals surface area (Å²) in [6.45, 7) is 3.78. The molecular formula is C19H17F3N2O4. The van der Waals surface area contributed by atoms with Crippen LogP contribution in [0, 0.1) is 5.82 Å². The number of ether oxygens (including phenoxy) is 2. The minimum atomic E-state index is -3.77. The minimum Gasteiger partial charge on any atom is -0.395 e. The Morgan fingerprint density at radius 2 is 1.64 bits per heavy atom. The summed E-state index contributed by atoms with van der Waals surface area (Å²) in [5.41, 5.74) is 0.331. The van der Waals surface area contributed by atoms with Crippen molar-refractivity contribution >= 4 is 17.5 Å². The number of rotatable bonds is 4. The Bertz CT molecular complexity index is 914. The lowest BCUT2D eigenvalue weighted by molar-refractivity contribution is -0.286. The summed E-state index contributed by atoms with van der Waals surface area (Å²) in [4.78, 5) is 24.1. The van der Waals surface area contributed by atoms with Crippen molar-refractivity contribution in [1.82, 2.24) is 5.32 Å². The molecule has 28 heavy (non-hydrogen) atoms. The van der Waals surface area contributed by atoms with Crippen molar-refractivity contribution in [2.45, 2.75) is 25.6 Å². The van der Waals surface area contributed by atoms with Crippen LogP contribution in [0.25, 0.3) is 0 Å². The summed E-state index contributed by atoms with van der Waals surface area (Å²) in [5.74, 6) is -2.67. The number of alkyl halides is 2. The van der Waals surface area contributed by atoms with Gasteiger partial charge in [-0.15, -0.1) is 8.78 Å². The van der Waals surface area contributed by atoms with Gasteiger partial charge in [0.05, 0.1) is 0 Å². The Morgan fingerprint density at radius 3 is 2.32 bits per heavy atom. The largest absolute Gasteiger partial charge is 0.586 e. The molecule has 2 aromatic rings. The molecule has 9 heteroatoms. The van der Waals surface area contributed by atoms with E-state index < -0.39 is 23.5 Å². The zero-order valence-corrected chi connectivity index (χ0v) is 15.0. The molecule has 1 aliphatic rings. The second-order valence-corrected chi connectivity index (χ2v) is 6.86. The number of fused-ring (bicyclic) bond motifs is 1. The number of halogens is 3. The molecule has 0 aliphatic carbocycles. The molecule has 0 saturated heterocycles. The summed E-state index contributed by atoms with van der Waals surface area (Å²) in [7, 11) is 0. The lowest BCUT2D eigenvalue weighted by Gasteiger charge is -2.25. The van der Waals surface area contributed by atoms with Crippen molar-refractivity contribution in [3.05, 3.63) is 53.8 Å². The van der Waals surface area contributed by atoms with Crippen LogP contribution in [0.2, 0.25) is 0 Å². The number of benzene rings is 2. The van der Waals surface area contributed by atoms with E-state index in [0.29, 0.717) is 0 Å². The van der Waals surface area contributed by atoms with Gasteiger partial charge in [0.25, 0.3) is 0 Å². The van der Waals surface area contributed by atoms with Gasteiger partial charge in [-0.05, 0) is 29.8 Å². The summed E-state index contributed by atoms with van der Waals surface area (Å²) in [6.07, 6.45) is -3.77. The van der Waals surface area contributed by atoms with E-state index in [0.717, 1.165) is 11.6 Å². The van der Waals surface area contributed by atoms with Gasteiger partial charge in [-0.3, -0.25) is 9.59 Å². The molecule has 2 N–H and O–H groups in total. The number of amides is 2. The van der Waals surface area contributed by atoms with Crippen LogP contribution in [0.15, 0.2) is 42.5 Å². The average molecular weight is 394 g/mol. The molecule has 3 rings (SSSR count). The highest BCUT2D eigenvalue weighted by Crippen LogP contribution is 2.42. The maximum atomic E-state index is 13.0. The van der Waals surface area contributed by atoms with Crippen molar-refractivity contribution < 1.29 is 32.2 Å². The standard InChI is InChI=1S/C19H17F3N2O4/c1-18(2,11-3-5-12(20)6-4-11)10-23-16(25)17(26)24-13-7-8-14-15(9-13)28-19(21,22)27-14/h3-9H,10H2,1-2H3,(H,23,25)(H,24,26). The fourth-order valence-electron chi connectivity index (χ4n) is 2.60. The zero-order valence-electron chi connectivity index (χ0n) is 15.0. The minimum absolute atomic E-state index is 0.0954. The van der Waals surface area contributed by atoms with Gasteiger partial charge in [0, 0.05) is 23.7 Å². The van der Waals surface area contributed by atoms with E-state index in [1.807, 2.05) is 13.8 Å². The highest BCUT2D eigenvalue weighted by atomic mass is 19.3. The molecule has 0 radical (unpaired) electrons. The van der Waals surface area contributed by atoms with Gasteiger partial charge in [-0.1, -0.05) is 26.0 Å². The summed E-state index contributed by atoms with van der Waals surface area (Å²) >= 11 is 0. The summed E-state index contributed by atoms with van der Waals surface area (Å²) < 4.78 is 47.6. The van der Waals surface area contributed by atoms with E-state index in [-0.39, 0.29) is 29.5 Å². The Labute approximate surface area is 158 Å². The molecule has 0 bridgehead atoms. The van der Waals surface area contributed by atoms with E-state index in [2.05, 4.69) is 20.1 Å². The first kappa shape index (κ1) is 19.5. The molecule has 0 fully saturated rings. The van der Waals surface area contributed by atoms with E-state index in [1.165, 1.54) is 24.3 Å². The normalized spacial score (nSPS) is 14.5. The zero-order chi connectivity index (χ0) is 20.5. The highest BCUT2D eigenvalue weighted by Gasteiger charge is 2.43. The van der Waals surface area contributed by atoms with Gasteiger partial charge in [-0.2, -0.15) is 0 Å². The van der Waals surface area contributed by atoms with Gasteiger partial charge in [-0.25, -0.2) is 4.39 Å². The lowest BCUT2D eigenvalue weighted by atomic mass is 9.84. The lowest BCUT2D eigenvalue weighted by Crippen LogP contribution is -2.42. The Hall–Kier alpha value is -3.23. The van der Waals surface area contributed by atoms with Crippen LogP contribution in [0.4, 0.5) is 18.9 Å². The molecular weight excluding hydrogens is 377 g/mol. The molecule has 2 aromatic carbocycles. The summed E-state index contributed by atoms with van der Waals surface area (Å²) in [5, 5.41) is 4.80. The van der Waals surface area contributed by atoms with Crippen molar-refractivity contribution in [2.24, 2.45) is 0 Å². The summed E-state index contributed by atoms with van der Waals surface area (Å²) in [6, 6.07) is 9.46. The maximum absolute atomic E-state index is 13.0. The number of carbonyl (C=O) groups excluding carboxylic acids is 2. The van der Waals surface area contributed by atoms with Crippen LogP contribution >= 0.6 is 0 Å². The molecule has 1 heterocycles. The molecule has 0 saturated carbocycles. The SMILES string of the molecule is CC(C)(CNC(=O)C(=O)Nc1ccc2c(c1)OC(F)(F)O2)c1ccc(F)cc1. The van der Waals surface area contributed by atoms with Gasteiger partial charge in [0.15, 0.2) is 11.5 Å². The first-order valence-corrected chi connectivity index (χ1v) is 8.31. The van der Waals surface area contributed by atoms with Crippen LogP contribution in [-0.2, 0) is 15.0 Å². The van der Waals surface area contributed by atoms with Crippen molar-refractivity contribution in [3.8, 4) is 11.5 Å².